The molecule has 4 nitrogen and oxygen atoms in total. The summed E-state index contributed by atoms with van der Waals surface area (Å²) in [4.78, 5) is 23.9. The van der Waals surface area contributed by atoms with E-state index in [1.165, 1.54) is 0 Å². The van der Waals surface area contributed by atoms with Crippen molar-refractivity contribution >= 4 is 46.6 Å². The number of primary amides is 1. The van der Waals surface area contributed by atoms with Gasteiger partial charge in [-0.05, 0) is 29.8 Å². The summed E-state index contributed by atoms with van der Waals surface area (Å²) < 4.78 is 0. The Labute approximate surface area is 148 Å². The first kappa shape index (κ1) is 17.6. The molecule has 0 saturated carbocycles. The van der Waals surface area contributed by atoms with Crippen molar-refractivity contribution in [3.8, 4) is 0 Å². The van der Waals surface area contributed by atoms with E-state index in [1.807, 2.05) is 0 Å². The Balaban J connectivity index is 2.18. The van der Waals surface area contributed by atoms with Gasteiger partial charge in [0.25, 0.3) is 5.91 Å². The number of nitrogens with two attached hydrogens (primary N) is 1. The van der Waals surface area contributed by atoms with Crippen molar-refractivity contribution in [2.75, 3.05) is 0 Å². The Morgan fingerprint density at radius 2 is 1.74 bits per heavy atom. The van der Waals surface area contributed by atoms with Gasteiger partial charge in [-0.1, -0.05) is 53.0 Å². The van der Waals surface area contributed by atoms with Crippen LogP contribution in [0.5, 0.6) is 0 Å². The lowest BCUT2D eigenvalue weighted by Crippen LogP contribution is -2.46. The lowest BCUT2D eigenvalue weighted by Gasteiger charge is -2.17. The van der Waals surface area contributed by atoms with E-state index in [0.29, 0.717) is 15.6 Å². The first-order valence-electron chi connectivity index (χ1n) is 6.67. The van der Waals surface area contributed by atoms with Gasteiger partial charge in [0, 0.05) is 16.5 Å². The molecule has 0 spiro atoms. The zero-order valence-corrected chi connectivity index (χ0v) is 14.1. The summed E-state index contributed by atoms with van der Waals surface area (Å²) in [5, 5.41) is 3.74. The van der Waals surface area contributed by atoms with Gasteiger partial charge in [-0.3, -0.25) is 9.59 Å². The summed E-state index contributed by atoms with van der Waals surface area (Å²) >= 11 is 17.9. The van der Waals surface area contributed by atoms with Gasteiger partial charge in [0.2, 0.25) is 5.91 Å². The van der Waals surface area contributed by atoms with E-state index in [-0.39, 0.29) is 17.0 Å². The zero-order valence-electron chi connectivity index (χ0n) is 11.9. The number of rotatable bonds is 5. The second-order valence-electron chi connectivity index (χ2n) is 4.85. The molecule has 7 heteroatoms. The number of hydrogen-bond donors (Lipinski definition) is 2. The van der Waals surface area contributed by atoms with E-state index in [2.05, 4.69) is 5.32 Å². The van der Waals surface area contributed by atoms with Gasteiger partial charge in [0.1, 0.15) is 6.04 Å². The molecule has 3 N–H and O–H groups in total. The summed E-state index contributed by atoms with van der Waals surface area (Å²) in [5.74, 6) is -1.15. The number of carbonyl (C=O) groups is 2. The molecular weight excluding hydrogens is 359 g/mol. The van der Waals surface area contributed by atoms with Crippen LogP contribution in [0.25, 0.3) is 0 Å². The molecule has 0 fully saturated rings. The molecule has 1 atom stereocenters. The van der Waals surface area contributed by atoms with Gasteiger partial charge in [-0.15, -0.1) is 0 Å². The SMILES string of the molecule is NC(=O)[C@H](Cc1ccc(Cl)cc1Cl)NC(=O)c1ccccc1Cl. The largest absolute Gasteiger partial charge is 0.368 e. The van der Waals surface area contributed by atoms with Crippen LogP contribution >= 0.6 is 34.8 Å². The van der Waals surface area contributed by atoms with Gasteiger partial charge in [-0.25, -0.2) is 0 Å². The van der Waals surface area contributed by atoms with Crippen LogP contribution in [0.1, 0.15) is 15.9 Å². The van der Waals surface area contributed by atoms with E-state index < -0.39 is 17.9 Å². The van der Waals surface area contributed by atoms with E-state index in [9.17, 15) is 9.59 Å². The summed E-state index contributed by atoms with van der Waals surface area (Å²) in [7, 11) is 0. The van der Waals surface area contributed by atoms with Crippen LogP contribution in [-0.4, -0.2) is 17.9 Å². The maximum absolute atomic E-state index is 12.3. The Bertz CT molecular complexity index is 750. The fourth-order valence-electron chi connectivity index (χ4n) is 2.01. The fourth-order valence-corrected chi connectivity index (χ4v) is 2.72. The lowest BCUT2D eigenvalue weighted by molar-refractivity contribution is -0.119. The van der Waals surface area contributed by atoms with Crippen molar-refractivity contribution in [3.05, 3.63) is 68.7 Å². The third kappa shape index (κ3) is 4.61. The van der Waals surface area contributed by atoms with E-state index in [0.717, 1.165) is 0 Å². The first-order valence-corrected chi connectivity index (χ1v) is 7.80. The second kappa shape index (κ2) is 7.68. The third-order valence-electron chi connectivity index (χ3n) is 3.21. The van der Waals surface area contributed by atoms with E-state index in [1.54, 1.807) is 42.5 Å². The van der Waals surface area contributed by atoms with E-state index >= 15 is 0 Å². The Kier molecular flexibility index (Phi) is 5.88. The molecule has 2 rings (SSSR count). The maximum atomic E-state index is 12.3. The van der Waals surface area contributed by atoms with Crippen molar-refractivity contribution in [2.24, 2.45) is 5.73 Å². The van der Waals surface area contributed by atoms with Crippen LogP contribution in [0.4, 0.5) is 0 Å². The molecule has 0 aliphatic carbocycles. The Morgan fingerprint density at radius 3 is 2.35 bits per heavy atom. The molecule has 2 amide bonds. The predicted molar refractivity (Wildman–Crippen MR) is 92.1 cm³/mol. The topological polar surface area (TPSA) is 72.2 Å². The standard InChI is InChI=1S/C16H13Cl3N2O2/c17-10-6-5-9(13(19)8-10)7-14(15(20)22)21-16(23)11-3-1-2-4-12(11)18/h1-6,8,14H,7H2,(H2,20,22)(H,21,23)/t14-/m0/s1. The highest BCUT2D eigenvalue weighted by atomic mass is 35.5. The van der Waals surface area contributed by atoms with Crippen molar-refractivity contribution in [1.82, 2.24) is 5.32 Å². The number of carbonyl (C=O) groups excluding carboxylic acids is 2. The average molecular weight is 372 g/mol. The highest BCUT2D eigenvalue weighted by Crippen LogP contribution is 2.22. The average Bonchev–Trinajstić information content (AvgIpc) is 2.49. The number of hydrogen-bond acceptors (Lipinski definition) is 2. The van der Waals surface area contributed by atoms with Gasteiger partial charge in [0.15, 0.2) is 0 Å². The van der Waals surface area contributed by atoms with Crippen LogP contribution in [0.15, 0.2) is 42.5 Å². The monoisotopic (exact) mass is 370 g/mol. The normalized spacial score (nSPS) is 11.8. The van der Waals surface area contributed by atoms with Crippen LogP contribution in [0.3, 0.4) is 0 Å². The summed E-state index contributed by atoms with van der Waals surface area (Å²) in [5.41, 5.74) is 6.29. The molecule has 2 aromatic rings. The predicted octanol–water partition coefficient (Wildman–Crippen LogP) is 3.47. The van der Waals surface area contributed by atoms with Crippen molar-refractivity contribution in [2.45, 2.75) is 12.5 Å². The molecule has 0 saturated heterocycles. The molecular formula is C16H13Cl3N2O2. The van der Waals surface area contributed by atoms with Gasteiger partial charge in [-0.2, -0.15) is 0 Å². The summed E-state index contributed by atoms with van der Waals surface area (Å²) in [6.07, 6.45) is 0.154. The van der Waals surface area contributed by atoms with Crippen LogP contribution in [-0.2, 0) is 11.2 Å². The van der Waals surface area contributed by atoms with Gasteiger partial charge >= 0.3 is 0 Å². The molecule has 2 aromatic carbocycles. The van der Waals surface area contributed by atoms with Crippen molar-refractivity contribution in [3.63, 3.8) is 0 Å². The van der Waals surface area contributed by atoms with E-state index in [4.69, 9.17) is 40.5 Å². The summed E-state index contributed by atoms with van der Waals surface area (Å²) in [6, 6.07) is 10.5. The number of benzene rings is 2. The highest BCUT2D eigenvalue weighted by molar-refractivity contribution is 6.35. The smallest absolute Gasteiger partial charge is 0.253 e. The van der Waals surface area contributed by atoms with Gasteiger partial charge < -0.3 is 11.1 Å². The first-order chi connectivity index (χ1) is 10.9. The Morgan fingerprint density at radius 1 is 1.04 bits per heavy atom. The number of halogens is 3. The number of nitrogens with one attached hydrogen (secondary N) is 1. The lowest BCUT2D eigenvalue weighted by atomic mass is 10.0. The second-order valence-corrected chi connectivity index (χ2v) is 6.10. The van der Waals surface area contributed by atoms with Crippen LogP contribution in [0.2, 0.25) is 15.1 Å². The molecule has 23 heavy (non-hydrogen) atoms. The zero-order chi connectivity index (χ0) is 17.0. The van der Waals surface area contributed by atoms with Crippen LogP contribution < -0.4 is 11.1 Å². The van der Waals surface area contributed by atoms with Crippen LogP contribution in [0, 0.1) is 0 Å². The third-order valence-corrected chi connectivity index (χ3v) is 4.12. The minimum Gasteiger partial charge on any atom is -0.368 e. The quantitative estimate of drug-likeness (QED) is 0.844. The van der Waals surface area contributed by atoms with Crippen molar-refractivity contribution < 1.29 is 9.59 Å². The molecule has 0 heterocycles. The van der Waals surface area contributed by atoms with Gasteiger partial charge in [0.05, 0.1) is 10.6 Å². The molecule has 0 bridgehead atoms. The maximum Gasteiger partial charge on any atom is 0.253 e. The minimum atomic E-state index is -0.919. The summed E-state index contributed by atoms with van der Waals surface area (Å²) in [6.45, 7) is 0. The number of amides is 2. The minimum absolute atomic E-state index is 0.154. The van der Waals surface area contributed by atoms with Crippen molar-refractivity contribution in [1.29, 1.82) is 0 Å². The molecule has 120 valence electrons. The molecule has 0 unspecified atom stereocenters. The molecule has 0 radical (unpaired) electrons. The highest BCUT2D eigenvalue weighted by Gasteiger charge is 2.21. The Hall–Kier alpha value is -1.75. The molecule has 0 aromatic heterocycles. The molecule has 0 aliphatic heterocycles. The molecule has 0 aliphatic rings. The fraction of sp³-hybridized carbons (Fsp3) is 0.125.